The van der Waals surface area contributed by atoms with Crippen LogP contribution in [-0.2, 0) is 8.85 Å². The van der Waals surface area contributed by atoms with Crippen LogP contribution in [0.2, 0.25) is 5.54 Å². The average Bonchev–Trinajstić information content (AvgIpc) is 2.16. The molecule has 3 atom stereocenters. The summed E-state index contributed by atoms with van der Waals surface area (Å²) >= 11 is 11.7. The molecule has 0 heterocycles. The highest BCUT2D eigenvalue weighted by atomic mass is 35.5. The largest absolute Gasteiger partial charge is 0.395 e. The molecule has 0 radical (unpaired) electrons. The minimum absolute atomic E-state index is 0.0427. The Balaban J connectivity index is 3.95. The van der Waals surface area contributed by atoms with Gasteiger partial charge in [0.2, 0.25) is 0 Å². The number of alkyl halides is 2. The zero-order valence-electron chi connectivity index (χ0n) is 10.0. The fourth-order valence-corrected chi connectivity index (χ4v) is 3.51. The van der Waals surface area contributed by atoms with Gasteiger partial charge in [0.15, 0.2) is 0 Å². The Kier molecular flexibility index (Phi) is 9.24. The van der Waals surface area contributed by atoms with Gasteiger partial charge in [0.25, 0.3) is 0 Å². The molecule has 0 saturated heterocycles. The molecule has 0 N–H and O–H groups in total. The Labute approximate surface area is 105 Å². The maximum atomic E-state index is 5.85. The van der Waals surface area contributed by atoms with Crippen molar-refractivity contribution < 1.29 is 8.85 Å². The molecule has 0 saturated carbocycles. The zero-order chi connectivity index (χ0) is 11.8. The van der Waals surface area contributed by atoms with Crippen LogP contribution in [-0.4, -0.2) is 33.3 Å². The smallest absolute Gasteiger partial charge is 0.324 e. The van der Waals surface area contributed by atoms with Crippen molar-refractivity contribution in [1.82, 2.24) is 0 Å². The summed E-state index contributed by atoms with van der Waals surface area (Å²) in [6, 6.07) is 0. The zero-order valence-corrected chi connectivity index (χ0v) is 12.7. The third kappa shape index (κ3) is 8.52. The Morgan fingerprint density at radius 2 is 1.40 bits per heavy atom. The van der Waals surface area contributed by atoms with Crippen LogP contribution in [0.3, 0.4) is 0 Å². The van der Waals surface area contributed by atoms with Crippen LogP contribution in [0.15, 0.2) is 0 Å². The second-order valence-electron chi connectivity index (χ2n) is 3.98. The molecule has 0 spiro atoms. The van der Waals surface area contributed by atoms with Crippen LogP contribution in [0, 0.1) is 0 Å². The van der Waals surface area contributed by atoms with Gasteiger partial charge < -0.3 is 8.85 Å². The predicted octanol–water partition coefficient (Wildman–Crippen LogP) is 3.29. The normalized spacial score (nSPS) is 19.6. The van der Waals surface area contributed by atoms with Gasteiger partial charge in [-0.05, 0) is 19.4 Å². The van der Waals surface area contributed by atoms with Crippen molar-refractivity contribution in [2.24, 2.45) is 0 Å². The maximum absolute atomic E-state index is 5.85. The van der Waals surface area contributed by atoms with Gasteiger partial charge in [-0.25, -0.2) is 0 Å². The van der Waals surface area contributed by atoms with Crippen LogP contribution in [0.25, 0.3) is 0 Å². The Hall–Kier alpha value is 0.717. The molecule has 92 valence electrons. The summed E-state index contributed by atoms with van der Waals surface area (Å²) in [7, 11) is -1.61. The van der Waals surface area contributed by atoms with E-state index in [9.17, 15) is 0 Å². The molecule has 0 rings (SSSR count). The minimum atomic E-state index is -1.61. The Morgan fingerprint density at radius 1 is 1.00 bits per heavy atom. The van der Waals surface area contributed by atoms with E-state index < -0.39 is 9.28 Å². The van der Waals surface area contributed by atoms with Crippen molar-refractivity contribution in [2.75, 3.05) is 13.2 Å². The van der Waals surface area contributed by atoms with Gasteiger partial charge in [0.05, 0.1) is 24.0 Å². The fraction of sp³-hybridized carbons (Fsp3) is 1.00. The lowest BCUT2D eigenvalue weighted by Gasteiger charge is -2.22. The van der Waals surface area contributed by atoms with E-state index in [0.29, 0.717) is 18.8 Å². The molecule has 0 aliphatic carbocycles. The molecule has 0 aliphatic rings. The van der Waals surface area contributed by atoms with E-state index in [1.807, 2.05) is 13.8 Å². The molecule has 0 aromatic rings. The molecular weight excluding hydrogens is 251 g/mol. The molecule has 0 amide bonds. The lowest BCUT2D eigenvalue weighted by molar-refractivity contribution is 0.190. The molecule has 0 aromatic heterocycles. The van der Waals surface area contributed by atoms with Crippen molar-refractivity contribution in [3.8, 4) is 0 Å². The molecule has 0 aromatic carbocycles. The van der Waals surface area contributed by atoms with Gasteiger partial charge in [-0.2, -0.15) is 0 Å². The summed E-state index contributed by atoms with van der Waals surface area (Å²) < 4.78 is 11.5. The molecular formula is C10H22Cl2O2Si. The highest BCUT2D eigenvalue weighted by Gasteiger charge is 2.22. The van der Waals surface area contributed by atoms with E-state index in [4.69, 9.17) is 32.1 Å². The summed E-state index contributed by atoms with van der Waals surface area (Å²) in [6.45, 7) is 9.29. The molecule has 0 bridgehead atoms. The number of halogens is 2. The first-order valence-electron chi connectivity index (χ1n) is 5.48. The van der Waals surface area contributed by atoms with Crippen LogP contribution < -0.4 is 0 Å². The van der Waals surface area contributed by atoms with Crippen molar-refractivity contribution >= 4 is 32.5 Å². The van der Waals surface area contributed by atoms with Gasteiger partial charge in [0, 0.05) is 0 Å². The van der Waals surface area contributed by atoms with E-state index in [1.165, 1.54) is 0 Å². The summed E-state index contributed by atoms with van der Waals surface area (Å²) in [4.78, 5) is 0. The lowest BCUT2D eigenvalue weighted by Crippen LogP contribution is -2.31. The molecule has 0 aliphatic heterocycles. The van der Waals surface area contributed by atoms with Gasteiger partial charge in [-0.1, -0.05) is 20.3 Å². The van der Waals surface area contributed by atoms with Crippen molar-refractivity contribution in [1.29, 1.82) is 0 Å². The van der Waals surface area contributed by atoms with Crippen LogP contribution in [0.1, 0.15) is 34.1 Å². The molecule has 0 fully saturated rings. The van der Waals surface area contributed by atoms with E-state index in [2.05, 4.69) is 13.8 Å². The van der Waals surface area contributed by atoms with E-state index in [-0.39, 0.29) is 10.8 Å². The van der Waals surface area contributed by atoms with Crippen LogP contribution in [0.5, 0.6) is 0 Å². The first kappa shape index (κ1) is 15.7. The van der Waals surface area contributed by atoms with E-state index in [1.54, 1.807) is 0 Å². The monoisotopic (exact) mass is 272 g/mol. The Morgan fingerprint density at radius 3 is 1.67 bits per heavy atom. The number of hydrogen-bond acceptors (Lipinski definition) is 2. The highest BCUT2D eigenvalue weighted by molar-refractivity contribution is 6.46. The molecule has 15 heavy (non-hydrogen) atoms. The summed E-state index contributed by atoms with van der Waals surface area (Å²) in [5.41, 5.74) is 0.496. The lowest BCUT2D eigenvalue weighted by atomic mass is 10.4. The number of rotatable bonds is 8. The Bertz CT molecular complexity index is 144. The first-order valence-corrected chi connectivity index (χ1v) is 7.96. The first-order chi connectivity index (χ1) is 6.97. The quantitative estimate of drug-likeness (QED) is 0.499. The SMILES string of the molecule is CCC(C)[SiH](OCC(C)Cl)OCC(C)Cl. The van der Waals surface area contributed by atoms with Crippen LogP contribution >= 0.6 is 23.2 Å². The molecule has 5 heteroatoms. The van der Waals surface area contributed by atoms with E-state index >= 15 is 0 Å². The van der Waals surface area contributed by atoms with E-state index in [0.717, 1.165) is 6.42 Å². The standard InChI is InChI=1S/C10H22Cl2O2Si/c1-5-10(4)15(13-6-8(2)11)14-7-9(3)12/h8-10,15H,5-7H2,1-4H3. The third-order valence-corrected chi connectivity index (χ3v) is 4.78. The van der Waals surface area contributed by atoms with Crippen molar-refractivity contribution in [3.63, 3.8) is 0 Å². The van der Waals surface area contributed by atoms with Crippen molar-refractivity contribution in [3.05, 3.63) is 0 Å². The molecule has 3 unspecified atom stereocenters. The summed E-state index contributed by atoms with van der Waals surface area (Å²) in [5, 5.41) is 0.0853. The fourth-order valence-electron chi connectivity index (χ4n) is 1.02. The van der Waals surface area contributed by atoms with Gasteiger partial charge in [-0.15, -0.1) is 23.2 Å². The minimum Gasteiger partial charge on any atom is -0.395 e. The number of hydrogen-bond donors (Lipinski definition) is 0. The van der Waals surface area contributed by atoms with Crippen LogP contribution in [0.4, 0.5) is 0 Å². The summed E-state index contributed by atoms with van der Waals surface area (Å²) in [6.07, 6.45) is 1.07. The molecule has 2 nitrogen and oxygen atoms in total. The van der Waals surface area contributed by atoms with Gasteiger partial charge >= 0.3 is 9.28 Å². The topological polar surface area (TPSA) is 18.5 Å². The third-order valence-electron chi connectivity index (χ3n) is 2.09. The van der Waals surface area contributed by atoms with Gasteiger partial charge in [-0.3, -0.25) is 0 Å². The maximum Gasteiger partial charge on any atom is 0.324 e. The van der Waals surface area contributed by atoms with Gasteiger partial charge in [0.1, 0.15) is 0 Å². The second-order valence-corrected chi connectivity index (χ2v) is 8.01. The summed E-state index contributed by atoms with van der Waals surface area (Å²) in [5.74, 6) is 0. The second kappa shape index (κ2) is 8.82. The highest BCUT2D eigenvalue weighted by Crippen LogP contribution is 2.17. The average molecular weight is 273 g/mol. The van der Waals surface area contributed by atoms with Crippen molar-refractivity contribution in [2.45, 2.75) is 50.4 Å². The predicted molar refractivity (Wildman–Crippen MR) is 69.4 cm³/mol.